The molecule has 12 nitrogen and oxygen atoms in total. The summed E-state index contributed by atoms with van der Waals surface area (Å²) in [5.74, 6) is -2.52. The lowest BCUT2D eigenvalue weighted by atomic mass is 10.00. The van der Waals surface area contributed by atoms with Crippen LogP contribution in [-0.2, 0) is 30.3 Å². The summed E-state index contributed by atoms with van der Waals surface area (Å²) < 4.78 is 11.1. The van der Waals surface area contributed by atoms with Crippen LogP contribution >= 0.6 is 0 Å². The summed E-state index contributed by atoms with van der Waals surface area (Å²) in [6.07, 6.45) is 0.225. The average molecular weight is 596 g/mol. The molecule has 2 atom stereocenters. The van der Waals surface area contributed by atoms with Crippen molar-refractivity contribution in [3.05, 3.63) is 65.7 Å². The standard InChI is InChI=1S/C31H41N5O7/c1-4-42-18-16-33-29(40)24-20-26(37)36-31(2,3)30(41)35-23(19-21-11-6-5-7-12-21)28(39)32-15-10-17-43-25-14-9-8-13-22(25)27(38)34-24/h5-9,11-14,23-24H,4,10,15-20H2,1-3H3,(H,32,39)(H,33,40)(H,34,38)(H,35,41)(H,36,37)/t23-,24-/m0/s1. The van der Waals surface area contributed by atoms with Crippen LogP contribution in [-0.4, -0.2) is 80.1 Å². The quantitative estimate of drug-likeness (QED) is 0.296. The van der Waals surface area contributed by atoms with E-state index >= 15 is 0 Å². The van der Waals surface area contributed by atoms with E-state index in [-0.39, 0.29) is 44.2 Å². The zero-order valence-corrected chi connectivity index (χ0v) is 24.9. The normalized spacial score (nSPS) is 20.1. The van der Waals surface area contributed by atoms with Crippen molar-refractivity contribution in [2.75, 3.05) is 32.9 Å². The van der Waals surface area contributed by atoms with Gasteiger partial charge in [0.05, 0.1) is 25.2 Å². The Bertz CT molecular complexity index is 1270. The van der Waals surface area contributed by atoms with Crippen molar-refractivity contribution in [3.63, 3.8) is 0 Å². The number of rotatable bonds is 7. The Morgan fingerprint density at radius 3 is 2.49 bits per heavy atom. The van der Waals surface area contributed by atoms with Crippen LogP contribution in [0.5, 0.6) is 5.75 Å². The van der Waals surface area contributed by atoms with Crippen LogP contribution in [0.25, 0.3) is 0 Å². The first-order valence-corrected chi connectivity index (χ1v) is 14.4. The number of para-hydroxylation sites is 1. The smallest absolute Gasteiger partial charge is 0.255 e. The van der Waals surface area contributed by atoms with Gasteiger partial charge in [0.15, 0.2) is 0 Å². The van der Waals surface area contributed by atoms with Crippen LogP contribution in [0.3, 0.4) is 0 Å². The number of carbonyl (C=O) groups is 5. The maximum absolute atomic E-state index is 13.3. The molecule has 5 N–H and O–H groups in total. The monoisotopic (exact) mass is 595 g/mol. The van der Waals surface area contributed by atoms with Gasteiger partial charge in [0.25, 0.3) is 5.91 Å². The first-order valence-electron chi connectivity index (χ1n) is 14.4. The van der Waals surface area contributed by atoms with Crippen molar-refractivity contribution in [3.8, 4) is 5.75 Å². The molecule has 0 saturated carbocycles. The molecule has 0 radical (unpaired) electrons. The molecule has 5 amide bonds. The van der Waals surface area contributed by atoms with Crippen LogP contribution in [0.4, 0.5) is 0 Å². The molecule has 0 bridgehead atoms. The van der Waals surface area contributed by atoms with E-state index in [0.717, 1.165) is 5.56 Å². The Kier molecular flexibility index (Phi) is 12.5. The maximum Gasteiger partial charge on any atom is 0.255 e. The van der Waals surface area contributed by atoms with Crippen molar-refractivity contribution in [1.82, 2.24) is 26.6 Å². The number of fused-ring (bicyclic) bond motifs is 1. The summed E-state index contributed by atoms with van der Waals surface area (Å²) in [6.45, 7) is 6.19. The van der Waals surface area contributed by atoms with Gasteiger partial charge >= 0.3 is 0 Å². The van der Waals surface area contributed by atoms with Gasteiger partial charge in [0, 0.05) is 26.1 Å². The molecule has 0 saturated heterocycles. The van der Waals surface area contributed by atoms with E-state index < -0.39 is 47.7 Å². The van der Waals surface area contributed by atoms with Crippen LogP contribution < -0.4 is 31.3 Å². The minimum absolute atomic E-state index is 0.180. The summed E-state index contributed by atoms with van der Waals surface area (Å²) in [5, 5.41) is 13.5. The molecule has 43 heavy (non-hydrogen) atoms. The molecule has 2 aromatic carbocycles. The Morgan fingerprint density at radius 2 is 1.74 bits per heavy atom. The zero-order valence-electron chi connectivity index (χ0n) is 24.9. The third-order valence-electron chi connectivity index (χ3n) is 6.69. The zero-order chi connectivity index (χ0) is 31.2. The Labute approximate surface area is 251 Å². The molecule has 3 rings (SSSR count). The van der Waals surface area contributed by atoms with E-state index in [1.807, 2.05) is 37.3 Å². The highest BCUT2D eigenvalue weighted by Gasteiger charge is 2.34. The van der Waals surface area contributed by atoms with Gasteiger partial charge in [0.2, 0.25) is 23.6 Å². The van der Waals surface area contributed by atoms with E-state index in [2.05, 4.69) is 26.6 Å². The third-order valence-corrected chi connectivity index (χ3v) is 6.69. The van der Waals surface area contributed by atoms with E-state index in [0.29, 0.717) is 18.8 Å². The summed E-state index contributed by atoms with van der Waals surface area (Å²) >= 11 is 0. The minimum Gasteiger partial charge on any atom is -0.493 e. The number of ether oxygens (including phenoxy) is 2. The van der Waals surface area contributed by atoms with Gasteiger partial charge in [-0.05, 0) is 44.9 Å². The Balaban J connectivity index is 1.87. The van der Waals surface area contributed by atoms with Gasteiger partial charge in [-0.2, -0.15) is 0 Å². The van der Waals surface area contributed by atoms with Crippen LogP contribution in [0.2, 0.25) is 0 Å². The molecule has 2 aromatic rings. The Hall–Kier alpha value is -4.45. The lowest BCUT2D eigenvalue weighted by Gasteiger charge is -2.29. The molecular weight excluding hydrogens is 554 g/mol. The predicted octanol–water partition coefficient (Wildman–Crippen LogP) is 0.849. The lowest BCUT2D eigenvalue weighted by molar-refractivity contribution is -0.135. The van der Waals surface area contributed by atoms with Gasteiger partial charge in [-0.1, -0.05) is 42.5 Å². The number of nitrogens with one attached hydrogen (secondary N) is 5. The molecular formula is C31H41N5O7. The molecule has 232 valence electrons. The molecule has 1 heterocycles. The van der Waals surface area contributed by atoms with Crippen LogP contribution in [0, 0.1) is 0 Å². The van der Waals surface area contributed by atoms with E-state index in [4.69, 9.17) is 9.47 Å². The van der Waals surface area contributed by atoms with Gasteiger partial charge in [0.1, 0.15) is 23.4 Å². The lowest BCUT2D eigenvalue weighted by Crippen LogP contribution is -2.60. The average Bonchev–Trinajstić information content (AvgIpc) is 2.98. The van der Waals surface area contributed by atoms with Crippen molar-refractivity contribution >= 4 is 29.5 Å². The van der Waals surface area contributed by atoms with Crippen LogP contribution in [0.1, 0.15) is 49.5 Å². The second-order valence-corrected chi connectivity index (χ2v) is 10.6. The SMILES string of the molecule is CCOCCNC(=O)[C@@H]1CC(=O)NC(C)(C)C(=O)N[C@@H](Cc2ccccc2)C(=O)NCCCOc2ccccc2C(=O)N1. The number of amides is 5. The third kappa shape index (κ3) is 10.4. The second kappa shape index (κ2) is 16.3. The molecule has 0 spiro atoms. The fraction of sp³-hybridized carbons (Fsp3) is 0.452. The molecule has 1 aliphatic heterocycles. The fourth-order valence-corrected chi connectivity index (χ4v) is 4.37. The Morgan fingerprint density at radius 1 is 1.02 bits per heavy atom. The van der Waals surface area contributed by atoms with E-state index in [1.165, 1.54) is 13.8 Å². The topological polar surface area (TPSA) is 164 Å². The first-order chi connectivity index (χ1) is 20.6. The maximum atomic E-state index is 13.3. The highest BCUT2D eigenvalue weighted by atomic mass is 16.5. The summed E-state index contributed by atoms with van der Waals surface area (Å²) in [6, 6.07) is 13.7. The highest BCUT2D eigenvalue weighted by molar-refractivity contribution is 6.01. The molecule has 0 aromatic heterocycles. The van der Waals surface area contributed by atoms with Crippen molar-refractivity contribution in [2.24, 2.45) is 0 Å². The van der Waals surface area contributed by atoms with Crippen molar-refractivity contribution in [1.29, 1.82) is 0 Å². The summed E-state index contributed by atoms with van der Waals surface area (Å²) in [4.78, 5) is 66.0. The number of benzene rings is 2. The van der Waals surface area contributed by atoms with Gasteiger partial charge < -0.3 is 36.1 Å². The van der Waals surface area contributed by atoms with Gasteiger partial charge in [-0.15, -0.1) is 0 Å². The largest absolute Gasteiger partial charge is 0.493 e. The first kappa shape index (κ1) is 33.1. The predicted molar refractivity (Wildman–Crippen MR) is 159 cm³/mol. The van der Waals surface area contributed by atoms with E-state index in [1.54, 1.807) is 24.3 Å². The van der Waals surface area contributed by atoms with Crippen LogP contribution in [0.15, 0.2) is 54.6 Å². The number of hydrogen-bond donors (Lipinski definition) is 5. The summed E-state index contributed by atoms with van der Waals surface area (Å²) in [5.41, 5.74) is -0.415. The van der Waals surface area contributed by atoms with Gasteiger partial charge in [-0.25, -0.2) is 0 Å². The highest BCUT2D eigenvalue weighted by Crippen LogP contribution is 2.19. The van der Waals surface area contributed by atoms with Gasteiger partial charge in [-0.3, -0.25) is 24.0 Å². The van der Waals surface area contributed by atoms with Crippen molar-refractivity contribution < 1.29 is 33.4 Å². The second-order valence-electron chi connectivity index (χ2n) is 10.6. The molecule has 0 unspecified atom stereocenters. The number of carbonyl (C=O) groups excluding carboxylic acids is 5. The van der Waals surface area contributed by atoms with E-state index in [9.17, 15) is 24.0 Å². The summed E-state index contributed by atoms with van der Waals surface area (Å²) in [7, 11) is 0. The molecule has 12 heteroatoms. The minimum atomic E-state index is -1.45. The number of hydrogen-bond acceptors (Lipinski definition) is 7. The van der Waals surface area contributed by atoms with Crippen molar-refractivity contribution in [2.45, 2.75) is 57.7 Å². The molecule has 1 aliphatic rings. The molecule has 0 fully saturated rings. The fourth-order valence-electron chi connectivity index (χ4n) is 4.37. The molecule has 0 aliphatic carbocycles.